The van der Waals surface area contributed by atoms with Crippen molar-refractivity contribution in [2.75, 3.05) is 6.54 Å². The minimum Gasteiger partial charge on any atom is -0.329 e. The van der Waals surface area contributed by atoms with Gasteiger partial charge in [0.15, 0.2) is 4.90 Å². The van der Waals surface area contributed by atoms with Gasteiger partial charge >= 0.3 is 0 Å². The summed E-state index contributed by atoms with van der Waals surface area (Å²) in [5.74, 6) is 0. The summed E-state index contributed by atoms with van der Waals surface area (Å²) in [6.45, 7) is 2.09. The number of nitrogens with two attached hydrogens (primary N) is 1. The molecular formula is C12H18ClN3O4S. The number of nitrogens with one attached hydrogen (secondary N) is 1. The maximum absolute atomic E-state index is 12.3. The molecule has 118 valence electrons. The molecule has 7 nitrogen and oxygen atoms in total. The Morgan fingerprint density at radius 3 is 2.67 bits per heavy atom. The average Bonchev–Trinajstić information content (AvgIpc) is 2.42. The van der Waals surface area contributed by atoms with Crippen molar-refractivity contribution in [2.24, 2.45) is 5.73 Å². The summed E-state index contributed by atoms with van der Waals surface area (Å²) < 4.78 is 27.0. The zero-order chi connectivity index (χ0) is 16.0. The maximum Gasteiger partial charge on any atom is 0.289 e. The van der Waals surface area contributed by atoms with Crippen LogP contribution in [0.15, 0.2) is 23.1 Å². The van der Waals surface area contributed by atoms with Gasteiger partial charge < -0.3 is 5.73 Å². The molecule has 1 unspecified atom stereocenters. The number of unbranched alkanes of at least 4 members (excludes halogenated alkanes) is 1. The first kappa shape index (κ1) is 17.8. The third kappa shape index (κ3) is 4.92. The molecule has 0 aliphatic carbocycles. The molecule has 0 saturated heterocycles. The molecule has 0 aliphatic rings. The normalized spacial score (nSPS) is 13.1. The summed E-state index contributed by atoms with van der Waals surface area (Å²) in [4.78, 5) is 9.75. The van der Waals surface area contributed by atoms with Crippen molar-refractivity contribution >= 4 is 27.3 Å². The van der Waals surface area contributed by atoms with Crippen molar-refractivity contribution < 1.29 is 13.3 Å². The van der Waals surface area contributed by atoms with Crippen molar-refractivity contribution in [2.45, 2.75) is 37.1 Å². The molecule has 1 rings (SSSR count). The van der Waals surface area contributed by atoms with Crippen LogP contribution in [0.25, 0.3) is 0 Å². The molecule has 0 saturated carbocycles. The summed E-state index contributed by atoms with van der Waals surface area (Å²) in [5, 5.41) is 11.1. The van der Waals surface area contributed by atoms with Crippen molar-refractivity contribution in [3.05, 3.63) is 33.3 Å². The van der Waals surface area contributed by atoms with Crippen LogP contribution in [0.3, 0.4) is 0 Å². The molecule has 21 heavy (non-hydrogen) atoms. The SMILES string of the molecule is CCCCC(CN)NS(=O)(=O)c1cc(Cl)ccc1[N+](=O)[O-]. The van der Waals surface area contributed by atoms with Crippen LogP contribution in [0, 0.1) is 10.1 Å². The second-order valence-electron chi connectivity index (χ2n) is 4.57. The van der Waals surface area contributed by atoms with Crippen LogP contribution in [0.1, 0.15) is 26.2 Å². The fraction of sp³-hybridized carbons (Fsp3) is 0.500. The lowest BCUT2D eigenvalue weighted by Crippen LogP contribution is -2.40. The van der Waals surface area contributed by atoms with Crippen LogP contribution in [0.4, 0.5) is 5.69 Å². The van der Waals surface area contributed by atoms with Gasteiger partial charge in [-0.05, 0) is 18.6 Å². The van der Waals surface area contributed by atoms with Crippen molar-refractivity contribution in [1.82, 2.24) is 4.72 Å². The van der Waals surface area contributed by atoms with Gasteiger partial charge in [0.1, 0.15) is 0 Å². The number of sulfonamides is 1. The molecule has 0 amide bonds. The van der Waals surface area contributed by atoms with Gasteiger partial charge in [0.25, 0.3) is 5.69 Å². The first-order chi connectivity index (χ1) is 9.81. The lowest BCUT2D eigenvalue weighted by atomic mass is 10.1. The second kappa shape index (κ2) is 7.69. The predicted octanol–water partition coefficient (Wildman–Crippen LogP) is 2.04. The predicted molar refractivity (Wildman–Crippen MR) is 80.8 cm³/mol. The monoisotopic (exact) mass is 335 g/mol. The average molecular weight is 336 g/mol. The minimum atomic E-state index is -4.06. The molecule has 0 bridgehead atoms. The van der Waals surface area contributed by atoms with E-state index in [1.54, 1.807) is 0 Å². The lowest BCUT2D eigenvalue weighted by molar-refractivity contribution is -0.387. The Morgan fingerprint density at radius 2 is 2.14 bits per heavy atom. The molecule has 0 spiro atoms. The highest BCUT2D eigenvalue weighted by Crippen LogP contribution is 2.27. The van der Waals surface area contributed by atoms with Gasteiger partial charge in [-0.15, -0.1) is 0 Å². The molecule has 3 N–H and O–H groups in total. The zero-order valence-corrected chi connectivity index (χ0v) is 13.2. The Hall–Kier alpha value is -1.22. The van der Waals surface area contributed by atoms with E-state index < -0.39 is 31.6 Å². The summed E-state index contributed by atoms with van der Waals surface area (Å²) in [6.07, 6.45) is 2.28. The molecule has 0 heterocycles. The smallest absolute Gasteiger partial charge is 0.289 e. The number of nitrogens with zero attached hydrogens (tertiary/aromatic N) is 1. The van der Waals surface area contributed by atoms with Gasteiger partial charge in [-0.1, -0.05) is 31.4 Å². The number of hydrogen-bond acceptors (Lipinski definition) is 5. The van der Waals surface area contributed by atoms with Crippen molar-refractivity contribution in [3.8, 4) is 0 Å². The van der Waals surface area contributed by atoms with E-state index in [9.17, 15) is 18.5 Å². The highest BCUT2D eigenvalue weighted by Gasteiger charge is 2.28. The van der Waals surface area contributed by atoms with E-state index in [0.717, 1.165) is 25.0 Å². The topological polar surface area (TPSA) is 115 Å². The fourth-order valence-corrected chi connectivity index (χ4v) is 3.53. The Balaban J connectivity index is 3.12. The zero-order valence-electron chi connectivity index (χ0n) is 11.6. The molecule has 1 aromatic carbocycles. The number of hydrogen-bond donors (Lipinski definition) is 2. The first-order valence-corrected chi connectivity index (χ1v) is 8.34. The fourth-order valence-electron chi connectivity index (χ4n) is 1.81. The molecular weight excluding hydrogens is 318 g/mol. The Labute approximate surface area is 128 Å². The summed E-state index contributed by atoms with van der Waals surface area (Å²) in [7, 11) is -4.06. The van der Waals surface area contributed by atoms with Crippen LogP contribution in [0.2, 0.25) is 5.02 Å². The largest absolute Gasteiger partial charge is 0.329 e. The van der Waals surface area contributed by atoms with E-state index in [2.05, 4.69) is 4.72 Å². The van der Waals surface area contributed by atoms with Crippen LogP contribution < -0.4 is 10.5 Å². The third-order valence-electron chi connectivity index (χ3n) is 2.92. The Kier molecular flexibility index (Phi) is 6.53. The number of nitro benzene ring substituents is 1. The number of nitro groups is 1. The van der Waals surface area contributed by atoms with Crippen LogP contribution in [-0.2, 0) is 10.0 Å². The minimum absolute atomic E-state index is 0.110. The summed E-state index contributed by atoms with van der Waals surface area (Å²) in [5.41, 5.74) is 5.02. The summed E-state index contributed by atoms with van der Waals surface area (Å²) in [6, 6.07) is 2.94. The maximum atomic E-state index is 12.3. The van der Waals surface area contributed by atoms with Crippen molar-refractivity contribution in [1.29, 1.82) is 0 Å². The van der Waals surface area contributed by atoms with Gasteiger partial charge in [0.2, 0.25) is 10.0 Å². The second-order valence-corrected chi connectivity index (χ2v) is 6.68. The van der Waals surface area contributed by atoms with E-state index in [1.807, 2.05) is 6.92 Å². The Bertz CT molecular complexity index is 607. The van der Waals surface area contributed by atoms with Gasteiger partial charge in [0.05, 0.1) is 4.92 Å². The number of rotatable bonds is 8. The number of benzene rings is 1. The lowest BCUT2D eigenvalue weighted by Gasteiger charge is -2.16. The van der Waals surface area contributed by atoms with Gasteiger partial charge in [0, 0.05) is 23.7 Å². The first-order valence-electron chi connectivity index (χ1n) is 6.48. The van der Waals surface area contributed by atoms with Crippen LogP contribution in [-0.4, -0.2) is 25.9 Å². The molecule has 9 heteroatoms. The number of halogens is 1. The highest BCUT2D eigenvalue weighted by atomic mass is 35.5. The van der Waals surface area contributed by atoms with Gasteiger partial charge in [-0.3, -0.25) is 10.1 Å². The van der Waals surface area contributed by atoms with Crippen molar-refractivity contribution in [3.63, 3.8) is 0 Å². The highest BCUT2D eigenvalue weighted by molar-refractivity contribution is 7.89. The Morgan fingerprint density at radius 1 is 1.48 bits per heavy atom. The van der Waals surface area contributed by atoms with Crippen LogP contribution in [0.5, 0.6) is 0 Å². The molecule has 1 aromatic rings. The van der Waals surface area contributed by atoms with E-state index >= 15 is 0 Å². The molecule has 0 aromatic heterocycles. The van der Waals surface area contributed by atoms with E-state index in [-0.39, 0.29) is 11.6 Å². The van der Waals surface area contributed by atoms with E-state index in [1.165, 1.54) is 6.07 Å². The summed E-state index contributed by atoms with van der Waals surface area (Å²) >= 11 is 5.74. The van der Waals surface area contributed by atoms with E-state index in [4.69, 9.17) is 17.3 Å². The molecule has 0 radical (unpaired) electrons. The van der Waals surface area contributed by atoms with Gasteiger partial charge in [-0.2, -0.15) is 0 Å². The quantitative estimate of drug-likeness (QED) is 0.557. The molecule has 1 atom stereocenters. The van der Waals surface area contributed by atoms with E-state index in [0.29, 0.717) is 6.42 Å². The van der Waals surface area contributed by atoms with Gasteiger partial charge in [-0.25, -0.2) is 13.1 Å². The standard InChI is InChI=1S/C12H18ClN3O4S/c1-2-3-4-10(8-14)15-21(19,20)12-7-9(13)5-6-11(12)16(17)18/h5-7,10,15H,2-4,8,14H2,1H3. The molecule has 0 fully saturated rings. The third-order valence-corrected chi connectivity index (χ3v) is 4.71. The molecule has 0 aliphatic heterocycles. The van der Waals surface area contributed by atoms with Crippen LogP contribution >= 0.6 is 11.6 Å².